The normalized spacial score (nSPS) is 16.8. The molecule has 6 nitrogen and oxygen atoms in total. The zero-order valence-corrected chi connectivity index (χ0v) is 19.0. The van der Waals surface area contributed by atoms with Gasteiger partial charge in [0.15, 0.2) is 11.5 Å². The van der Waals surface area contributed by atoms with Crippen molar-refractivity contribution in [3.63, 3.8) is 0 Å². The van der Waals surface area contributed by atoms with E-state index in [9.17, 15) is 9.59 Å². The molecule has 0 atom stereocenters. The number of benzene rings is 2. The number of aryl methyl sites for hydroxylation is 1. The van der Waals surface area contributed by atoms with Crippen molar-refractivity contribution in [2.45, 2.75) is 50.9 Å². The average molecular weight is 446 g/mol. The van der Waals surface area contributed by atoms with Crippen molar-refractivity contribution in [3.8, 4) is 0 Å². The lowest BCUT2D eigenvalue weighted by atomic mass is 9.93. The van der Waals surface area contributed by atoms with Crippen LogP contribution < -0.4 is 5.32 Å². The highest BCUT2D eigenvalue weighted by atomic mass is 16.3. The zero-order valence-electron chi connectivity index (χ0n) is 19.0. The smallest absolute Gasteiger partial charge is 0.253 e. The van der Waals surface area contributed by atoms with Crippen LogP contribution in [0.15, 0.2) is 52.9 Å². The number of carbonyl (C=O) groups excluding carboxylic acids is 2. The lowest BCUT2D eigenvalue weighted by Gasteiger charge is -2.31. The molecule has 2 fully saturated rings. The van der Waals surface area contributed by atoms with Gasteiger partial charge in [0.05, 0.1) is 0 Å². The van der Waals surface area contributed by atoms with Gasteiger partial charge in [-0.25, -0.2) is 4.98 Å². The van der Waals surface area contributed by atoms with E-state index >= 15 is 0 Å². The van der Waals surface area contributed by atoms with Gasteiger partial charge in [-0.1, -0.05) is 30.3 Å². The Hall–Kier alpha value is -3.15. The molecule has 0 unspecified atom stereocenters. The molecule has 2 aliphatic rings. The van der Waals surface area contributed by atoms with Crippen molar-refractivity contribution >= 4 is 22.9 Å². The Kier molecular flexibility index (Phi) is 6.42. The third-order valence-electron chi connectivity index (χ3n) is 6.76. The molecule has 1 saturated heterocycles. The van der Waals surface area contributed by atoms with E-state index in [0.717, 1.165) is 55.5 Å². The second-order valence-corrected chi connectivity index (χ2v) is 9.39. The monoisotopic (exact) mass is 445 g/mol. The fraction of sp³-hybridized carbons (Fsp3) is 0.444. The second kappa shape index (κ2) is 9.77. The van der Waals surface area contributed by atoms with Crippen molar-refractivity contribution < 1.29 is 14.0 Å². The van der Waals surface area contributed by atoms with Gasteiger partial charge in [-0.3, -0.25) is 9.59 Å². The molecule has 0 spiro atoms. The maximum atomic E-state index is 13.0. The Bertz CT molecular complexity index is 1110. The number of amides is 2. The molecule has 3 aromatic rings. The van der Waals surface area contributed by atoms with Crippen LogP contribution >= 0.6 is 0 Å². The summed E-state index contributed by atoms with van der Waals surface area (Å²) in [6.45, 7) is 2.09. The van der Waals surface area contributed by atoms with E-state index in [1.165, 1.54) is 5.56 Å². The number of nitrogens with one attached hydrogen (secondary N) is 1. The molecular formula is C27H31N3O3. The largest absolute Gasteiger partial charge is 0.440 e. The average Bonchev–Trinajstić information content (AvgIpc) is 3.61. The van der Waals surface area contributed by atoms with Crippen LogP contribution in [0.25, 0.3) is 11.1 Å². The van der Waals surface area contributed by atoms with Crippen LogP contribution in [0.3, 0.4) is 0 Å². The zero-order chi connectivity index (χ0) is 22.6. The topological polar surface area (TPSA) is 75.4 Å². The molecule has 1 aliphatic heterocycles. The molecule has 0 bridgehead atoms. The van der Waals surface area contributed by atoms with Crippen molar-refractivity contribution in [1.82, 2.24) is 15.2 Å². The number of hydrogen-bond acceptors (Lipinski definition) is 4. The highest BCUT2D eigenvalue weighted by Crippen LogP contribution is 2.40. The fourth-order valence-corrected chi connectivity index (χ4v) is 4.61. The van der Waals surface area contributed by atoms with E-state index in [1.54, 1.807) is 0 Å². The van der Waals surface area contributed by atoms with Crippen LogP contribution in [0.5, 0.6) is 0 Å². The third-order valence-corrected chi connectivity index (χ3v) is 6.76. The van der Waals surface area contributed by atoms with Gasteiger partial charge in [0.1, 0.15) is 5.52 Å². The van der Waals surface area contributed by atoms with Crippen LogP contribution in [0, 0.1) is 5.92 Å². The first kappa shape index (κ1) is 21.7. The molecule has 2 heterocycles. The molecule has 1 saturated carbocycles. The first-order valence-electron chi connectivity index (χ1n) is 12.2. The number of rotatable bonds is 8. The van der Waals surface area contributed by atoms with Gasteiger partial charge >= 0.3 is 0 Å². The summed E-state index contributed by atoms with van der Waals surface area (Å²) in [4.78, 5) is 31.8. The van der Waals surface area contributed by atoms with E-state index in [1.807, 2.05) is 41.3 Å². The van der Waals surface area contributed by atoms with Gasteiger partial charge in [-0.2, -0.15) is 0 Å². The van der Waals surface area contributed by atoms with E-state index in [2.05, 4.69) is 22.4 Å². The van der Waals surface area contributed by atoms with Crippen LogP contribution in [0.2, 0.25) is 0 Å². The molecule has 2 aromatic carbocycles. The third kappa shape index (κ3) is 5.44. The Morgan fingerprint density at radius 2 is 1.82 bits per heavy atom. The maximum absolute atomic E-state index is 13.0. The molecule has 6 heteroatoms. The van der Waals surface area contributed by atoms with Gasteiger partial charge in [0.25, 0.3) is 5.91 Å². The predicted octanol–water partition coefficient (Wildman–Crippen LogP) is 4.70. The number of hydrogen-bond donors (Lipinski definition) is 1. The summed E-state index contributed by atoms with van der Waals surface area (Å²) >= 11 is 0. The summed E-state index contributed by atoms with van der Waals surface area (Å²) in [5.74, 6) is 1.75. The highest BCUT2D eigenvalue weighted by molar-refractivity contribution is 5.97. The van der Waals surface area contributed by atoms with Gasteiger partial charge in [-0.15, -0.1) is 0 Å². The number of carbonyl (C=O) groups is 2. The van der Waals surface area contributed by atoms with E-state index in [0.29, 0.717) is 43.5 Å². The molecule has 1 aromatic heterocycles. The number of nitrogens with zero attached hydrogens (tertiary/aromatic N) is 2. The number of fused-ring (bicyclic) bond motifs is 1. The van der Waals surface area contributed by atoms with E-state index in [-0.39, 0.29) is 11.8 Å². The summed E-state index contributed by atoms with van der Waals surface area (Å²) in [5.41, 5.74) is 3.48. The Balaban J connectivity index is 1.05. The standard InChI is InChI=1S/C27H31N3O3/c31-25(28-14-4-7-19-5-2-1-3-6-19)17-20-12-15-30(16-13-20)27(32)22-10-11-24-23(18-22)29-26(33-24)21-8-9-21/h1-3,5-6,10-11,18,20-21H,4,7-9,12-17H2,(H,28,31). The first-order valence-corrected chi connectivity index (χ1v) is 12.2. The number of likely N-dealkylation sites (tertiary alicyclic amines) is 1. The van der Waals surface area contributed by atoms with Crippen LogP contribution in [0.1, 0.15) is 66.3 Å². The summed E-state index contributed by atoms with van der Waals surface area (Å²) < 4.78 is 5.81. The minimum absolute atomic E-state index is 0.0386. The van der Waals surface area contributed by atoms with Crippen molar-refractivity contribution in [3.05, 3.63) is 65.5 Å². The van der Waals surface area contributed by atoms with Crippen LogP contribution in [-0.2, 0) is 11.2 Å². The summed E-state index contributed by atoms with van der Waals surface area (Å²) in [5, 5.41) is 3.06. The lowest BCUT2D eigenvalue weighted by molar-refractivity contribution is -0.122. The SMILES string of the molecule is O=C(CC1CCN(C(=O)c2ccc3oc(C4CC4)nc3c2)CC1)NCCCc1ccccc1. The first-order chi connectivity index (χ1) is 16.2. The van der Waals surface area contributed by atoms with Gasteiger partial charge in [-0.05, 0) is 68.2 Å². The molecule has 1 aliphatic carbocycles. The lowest BCUT2D eigenvalue weighted by Crippen LogP contribution is -2.39. The molecule has 33 heavy (non-hydrogen) atoms. The summed E-state index contributed by atoms with van der Waals surface area (Å²) in [6.07, 6.45) is 6.47. The molecule has 2 amide bonds. The Morgan fingerprint density at radius 3 is 2.58 bits per heavy atom. The maximum Gasteiger partial charge on any atom is 0.253 e. The summed E-state index contributed by atoms with van der Waals surface area (Å²) in [7, 11) is 0. The number of oxazole rings is 1. The molecule has 1 N–H and O–H groups in total. The minimum atomic E-state index is 0.0386. The molecule has 5 rings (SSSR count). The number of aromatic nitrogens is 1. The van der Waals surface area contributed by atoms with Crippen LogP contribution in [-0.4, -0.2) is 41.3 Å². The quantitative estimate of drug-likeness (QED) is 0.510. The van der Waals surface area contributed by atoms with Crippen molar-refractivity contribution in [2.24, 2.45) is 5.92 Å². The van der Waals surface area contributed by atoms with Gasteiger partial charge in [0.2, 0.25) is 5.91 Å². The van der Waals surface area contributed by atoms with E-state index in [4.69, 9.17) is 4.42 Å². The fourth-order valence-electron chi connectivity index (χ4n) is 4.61. The Morgan fingerprint density at radius 1 is 1.03 bits per heavy atom. The molecule has 0 radical (unpaired) electrons. The highest BCUT2D eigenvalue weighted by Gasteiger charge is 2.29. The summed E-state index contributed by atoms with van der Waals surface area (Å²) in [6, 6.07) is 15.9. The predicted molar refractivity (Wildman–Crippen MR) is 127 cm³/mol. The second-order valence-electron chi connectivity index (χ2n) is 9.39. The van der Waals surface area contributed by atoms with Crippen LogP contribution in [0.4, 0.5) is 0 Å². The van der Waals surface area contributed by atoms with Gasteiger partial charge < -0.3 is 14.6 Å². The van der Waals surface area contributed by atoms with E-state index < -0.39 is 0 Å². The minimum Gasteiger partial charge on any atom is -0.440 e. The van der Waals surface area contributed by atoms with Crippen molar-refractivity contribution in [2.75, 3.05) is 19.6 Å². The number of piperidine rings is 1. The Labute approximate surface area is 194 Å². The molecule has 172 valence electrons. The van der Waals surface area contributed by atoms with Crippen molar-refractivity contribution in [1.29, 1.82) is 0 Å². The van der Waals surface area contributed by atoms with Gasteiger partial charge in [0, 0.05) is 37.5 Å². The molecular weight excluding hydrogens is 414 g/mol.